The molecule has 1 atom stereocenters. The topological polar surface area (TPSA) is 38.9 Å². The van der Waals surface area contributed by atoms with Crippen LogP contribution in [0.15, 0.2) is 16.8 Å². The van der Waals surface area contributed by atoms with Gasteiger partial charge in [0.1, 0.15) is 5.76 Å². The normalized spacial score (nSPS) is 14.3. The monoisotopic (exact) mass is 380 g/mol. The Morgan fingerprint density at radius 2 is 1.80 bits per heavy atom. The third-order valence-corrected chi connectivity index (χ3v) is 7.31. The van der Waals surface area contributed by atoms with Crippen molar-refractivity contribution in [1.82, 2.24) is 9.97 Å². The number of aromatic nitrogens is 2. The van der Waals surface area contributed by atoms with Gasteiger partial charge in [-0.25, -0.2) is 9.97 Å². The Morgan fingerprint density at radius 1 is 1.12 bits per heavy atom. The van der Waals surface area contributed by atoms with Gasteiger partial charge in [0.15, 0.2) is 0 Å². The smallest absolute Gasteiger partial charge is 0.207 e. The van der Waals surface area contributed by atoms with Crippen LogP contribution in [-0.4, -0.2) is 16.2 Å². The fourth-order valence-electron chi connectivity index (χ4n) is 2.61. The fraction of sp³-hybridized carbons (Fsp3) is 0.700. The highest BCUT2D eigenvalue weighted by Gasteiger charge is 2.28. The Labute approximate surface area is 161 Å². The number of hydrogen-bond acceptors (Lipinski definition) is 5. The molecule has 0 saturated carbocycles. The molecule has 0 aliphatic rings. The molecule has 0 fully saturated rings. The summed E-state index contributed by atoms with van der Waals surface area (Å²) in [6.45, 7) is 15.6. The molecule has 0 aliphatic carbocycles. The van der Waals surface area contributed by atoms with E-state index >= 15 is 0 Å². The standard InChI is InChI=1S/C20H32N2OS2/c1-13(2)14-11-21-17(23-14)15(24-8)9-10-20(6,7)16-12-22-18(25-16)19(3,4)5/h11-13,15H,9-10H2,1-8H3. The Hall–Kier alpha value is -0.810. The van der Waals surface area contributed by atoms with Crippen molar-refractivity contribution in [1.29, 1.82) is 0 Å². The van der Waals surface area contributed by atoms with Gasteiger partial charge in [-0.2, -0.15) is 11.8 Å². The number of thioether (sulfide) groups is 1. The van der Waals surface area contributed by atoms with Gasteiger partial charge in [-0.15, -0.1) is 11.3 Å². The van der Waals surface area contributed by atoms with E-state index in [1.807, 2.05) is 29.3 Å². The summed E-state index contributed by atoms with van der Waals surface area (Å²) in [5, 5.41) is 1.52. The van der Waals surface area contributed by atoms with E-state index in [-0.39, 0.29) is 10.8 Å². The van der Waals surface area contributed by atoms with E-state index in [0.717, 1.165) is 24.5 Å². The fourth-order valence-corrected chi connectivity index (χ4v) is 4.38. The lowest BCUT2D eigenvalue weighted by molar-refractivity contribution is 0.407. The number of rotatable bonds is 7. The maximum Gasteiger partial charge on any atom is 0.207 e. The third-order valence-electron chi connectivity index (χ3n) is 4.52. The molecule has 0 spiro atoms. The van der Waals surface area contributed by atoms with Crippen LogP contribution in [-0.2, 0) is 10.8 Å². The molecule has 0 aromatic carbocycles. The zero-order chi connectivity index (χ0) is 18.8. The van der Waals surface area contributed by atoms with E-state index in [1.165, 1.54) is 9.88 Å². The average molecular weight is 381 g/mol. The minimum atomic E-state index is 0.114. The molecule has 0 N–H and O–H groups in total. The maximum atomic E-state index is 5.98. The summed E-state index contributed by atoms with van der Waals surface area (Å²) < 4.78 is 5.98. The molecule has 2 rings (SSSR count). The van der Waals surface area contributed by atoms with Gasteiger partial charge in [0.05, 0.1) is 16.5 Å². The van der Waals surface area contributed by atoms with Crippen molar-refractivity contribution in [2.45, 2.75) is 83.3 Å². The predicted molar refractivity (Wildman–Crippen MR) is 110 cm³/mol. The van der Waals surface area contributed by atoms with Crippen LogP contribution in [0.2, 0.25) is 0 Å². The summed E-state index contributed by atoms with van der Waals surface area (Å²) in [5.74, 6) is 2.23. The number of hydrogen-bond donors (Lipinski definition) is 0. The van der Waals surface area contributed by atoms with Gasteiger partial charge in [-0.1, -0.05) is 48.5 Å². The molecular formula is C20H32N2OS2. The Balaban J connectivity index is 2.07. The molecule has 2 heterocycles. The van der Waals surface area contributed by atoms with E-state index in [2.05, 4.69) is 70.9 Å². The van der Waals surface area contributed by atoms with Gasteiger partial charge in [-0.3, -0.25) is 0 Å². The Bertz CT molecular complexity index is 680. The van der Waals surface area contributed by atoms with Crippen LogP contribution in [0.3, 0.4) is 0 Å². The first-order chi connectivity index (χ1) is 11.5. The first kappa shape index (κ1) is 20.5. The quantitative estimate of drug-likeness (QED) is 0.535. The summed E-state index contributed by atoms with van der Waals surface area (Å²) in [7, 11) is 0. The lowest BCUT2D eigenvalue weighted by Crippen LogP contribution is -2.16. The molecule has 25 heavy (non-hydrogen) atoms. The van der Waals surface area contributed by atoms with Crippen LogP contribution in [0.5, 0.6) is 0 Å². The van der Waals surface area contributed by atoms with Crippen LogP contribution >= 0.6 is 23.1 Å². The summed E-state index contributed by atoms with van der Waals surface area (Å²) in [6, 6.07) is 0. The Kier molecular flexibility index (Phi) is 6.42. The largest absolute Gasteiger partial charge is 0.444 e. The molecule has 3 nitrogen and oxygen atoms in total. The van der Waals surface area contributed by atoms with Crippen molar-refractivity contribution in [3.05, 3.63) is 33.9 Å². The second kappa shape index (κ2) is 7.83. The van der Waals surface area contributed by atoms with Crippen LogP contribution < -0.4 is 0 Å². The molecular weight excluding hydrogens is 348 g/mol. The minimum Gasteiger partial charge on any atom is -0.444 e. The van der Waals surface area contributed by atoms with Crippen LogP contribution in [0, 0.1) is 0 Å². The first-order valence-corrected chi connectivity index (χ1v) is 11.1. The molecule has 0 amide bonds. The molecule has 0 radical (unpaired) electrons. The predicted octanol–water partition coefficient (Wildman–Crippen LogP) is 6.71. The molecule has 0 saturated heterocycles. The number of thiazole rings is 1. The number of nitrogens with zero attached hydrogens (tertiary/aromatic N) is 2. The maximum absolute atomic E-state index is 5.98. The summed E-state index contributed by atoms with van der Waals surface area (Å²) >= 11 is 3.68. The zero-order valence-corrected chi connectivity index (χ0v) is 18.5. The van der Waals surface area contributed by atoms with Crippen molar-refractivity contribution in [3.63, 3.8) is 0 Å². The minimum absolute atomic E-state index is 0.114. The van der Waals surface area contributed by atoms with E-state index < -0.39 is 0 Å². The molecule has 5 heteroatoms. The van der Waals surface area contributed by atoms with E-state index in [9.17, 15) is 0 Å². The van der Waals surface area contributed by atoms with Crippen molar-refractivity contribution in [2.24, 2.45) is 0 Å². The van der Waals surface area contributed by atoms with Crippen molar-refractivity contribution >= 4 is 23.1 Å². The molecule has 140 valence electrons. The van der Waals surface area contributed by atoms with Crippen molar-refractivity contribution in [3.8, 4) is 0 Å². The van der Waals surface area contributed by atoms with E-state index in [4.69, 9.17) is 4.42 Å². The molecule has 0 bridgehead atoms. The molecule has 1 unspecified atom stereocenters. The summed E-state index contributed by atoms with van der Waals surface area (Å²) in [4.78, 5) is 10.6. The highest BCUT2D eigenvalue weighted by atomic mass is 32.2. The van der Waals surface area contributed by atoms with Crippen LogP contribution in [0.4, 0.5) is 0 Å². The SMILES string of the molecule is CSC(CCC(C)(C)c1cnc(C(C)(C)C)s1)c1ncc(C(C)C)o1. The van der Waals surface area contributed by atoms with Gasteiger partial charge < -0.3 is 4.42 Å². The van der Waals surface area contributed by atoms with Gasteiger partial charge in [0.2, 0.25) is 5.89 Å². The Morgan fingerprint density at radius 3 is 2.28 bits per heavy atom. The van der Waals surface area contributed by atoms with Crippen molar-refractivity contribution < 1.29 is 4.42 Å². The van der Waals surface area contributed by atoms with Gasteiger partial charge >= 0.3 is 0 Å². The van der Waals surface area contributed by atoms with Crippen molar-refractivity contribution in [2.75, 3.05) is 6.26 Å². The van der Waals surface area contributed by atoms with E-state index in [1.54, 1.807) is 0 Å². The first-order valence-electron chi connectivity index (χ1n) is 9.00. The molecule has 2 aromatic heterocycles. The highest BCUT2D eigenvalue weighted by molar-refractivity contribution is 7.98. The van der Waals surface area contributed by atoms with Gasteiger partial charge in [0, 0.05) is 27.8 Å². The summed E-state index contributed by atoms with van der Waals surface area (Å²) in [5.41, 5.74) is 0.231. The average Bonchev–Trinajstić information content (AvgIpc) is 3.17. The second-order valence-electron chi connectivity index (χ2n) is 8.68. The van der Waals surface area contributed by atoms with Crippen LogP contribution in [0.1, 0.15) is 94.0 Å². The highest BCUT2D eigenvalue weighted by Crippen LogP contribution is 2.40. The lowest BCUT2D eigenvalue weighted by atomic mass is 9.86. The molecule has 0 aliphatic heterocycles. The van der Waals surface area contributed by atoms with Gasteiger partial charge in [0.25, 0.3) is 0 Å². The zero-order valence-electron chi connectivity index (χ0n) is 16.8. The lowest BCUT2D eigenvalue weighted by Gasteiger charge is -2.24. The number of oxazole rings is 1. The second-order valence-corrected chi connectivity index (χ2v) is 10.8. The summed E-state index contributed by atoms with van der Waals surface area (Å²) in [6.07, 6.45) is 8.23. The van der Waals surface area contributed by atoms with E-state index in [0.29, 0.717) is 11.2 Å². The molecule has 2 aromatic rings. The van der Waals surface area contributed by atoms with Gasteiger partial charge in [-0.05, 0) is 19.1 Å². The van der Waals surface area contributed by atoms with Crippen LogP contribution in [0.25, 0.3) is 0 Å². The third kappa shape index (κ3) is 5.10.